The second kappa shape index (κ2) is 4.61. The van der Waals surface area contributed by atoms with E-state index in [2.05, 4.69) is 19.2 Å². The van der Waals surface area contributed by atoms with Crippen molar-refractivity contribution in [2.24, 2.45) is 17.6 Å². The maximum absolute atomic E-state index is 11.5. The van der Waals surface area contributed by atoms with Crippen LogP contribution in [-0.2, 0) is 4.79 Å². The van der Waals surface area contributed by atoms with Crippen molar-refractivity contribution in [1.82, 2.24) is 5.32 Å². The van der Waals surface area contributed by atoms with Crippen LogP contribution < -0.4 is 11.1 Å². The Morgan fingerprint density at radius 2 is 2.23 bits per heavy atom. The average Bonchev–Trinajstić information content (AvgIpc) is 2.47. The van der Waals surface area contributed by atoms with Crippen molar-refractivity contribution in [3.8, 4) is 0 Å². The SMILES string of the molecule is CC(C)CNC(=O)C1CCC(N)C1. The van der Waals surface area contributed by atoms with Crippen molar-refractivity contribution in [3.63, 3.8) is 0 Å². The summed E-state index contributed by atoms with van der Waals surface area (Å²) in [5.74, 6) is 0.898. The van der Waals surface area contributed by atoms with Gasteiger partial charge in [0.15, 0.2) is 0 Å². The zero-order chi connectivity index (χ0) is 9.84. The van der Waals surface area contributed by atoms with Gasteiger partial charge >= 0.3 is 0 Å². The van der Waals surface area contributed by atoms with Crippen molar-refractivity contribution in [3.05, 3.63) is 0 Å². The number of hydrogen-bond acceptors (Lipinski definition) is 2. The second-order valence-electron chi connectivity index (χ2n) is 4.41. The number of hydrogen-bond donors (Lipinski definition) is 2. The highest BCUT2D eigenvalue weighted by molar-refractivity contribution is 5.78. The maximum Gasteiger partial charge on any atom is 0.223 e. The summed E-state index contributed by atoms with van der Waals surface area (Å²) >= 11 is 0. The van der Waals surface area contributed by atoms with Gasteiger partial charge in [0.2, 0.25) is 5.91 Å². The molecule has 0 radical (unpaired) electrons. The van der Waals surface area contributed by atoms with Gasteiger partial charge in [0.25, 0.3) is 0 Å². The average molecular weight is 184 g/mol. The Hall–Kier alpha value is -0.570. The third-order valence-electron chi connectivity index (χ3n) is 2.53. The molecule has 3 nitrogen and oxygen atoms in total. The number of nitrogens with one attached hydrogen (secondary N) is 1. The van der Waals surface area contributed by atoms with Gasteiger partial charge in [-0.3, -0.25) is 4.79 Å². The van der Waals surface area contributed by atoms with Gasteiger partial charge in [0.05, 0.1) is 0 Å². The first kappa shape index (κ1) is 10.5. The molecular weight excluding hydrogens is 164 g/mol. The lowest BCUT2D eigenvalue weighted by Crippen LogP contribution is -2.32. The van der Waals surface area contributed by atoms with Gasteiger partial charge in [-0.2, -0.15) is 0 Å². The third-order valence-corrected chi connectivity index (χ3v) is 2.53. The Kier molecular flexibility index (Phi) is 3.72. The van der Waals surface area contributed by atoms with Crippen LogP contribution in [-0.4, -0.2) is 18.5 Å². The van der Waals surface area contributed by atoms with Crippen LogP contribution in [0.5, 0.6) is 0 Å². The number of nitrogens with two attached hydrogens (primary N) is 1. The van der Waals surface area contributed by atoms with Crippen molar-refractivity contribution in [2.75, 3.05) is 6.54 Å². The van der Waals surface area contributed by atoms with Gasteiger partial charge in [-0.1, -0.05) is 13.8 Å². The summed E-state index contributed by atoms with van der Waals surface area (Å²) in [5.41, 5.74) is 5.74. The zero-order valence-electron chi connectivity index (χ0n) is 8.55. The van der Waals surface area contributed by atoms with E-state index < -0.39 is 0 Å². The van der Waals surface area contributed by atoms with E-state index in [1.54, 1.807) is 0 Å². The van der Waals surface area contributed by atoms with Crippen LogP contribution >= 0.6 is 0 Å². The largest absolute Gasteiger partial charge is 0.356 e. The van der Waals surface area contributed by atoms with E-state index in [1.165, 1.54) is 0 Å². The molecule has 0 aliphatic heterocycles. The molecule has 1 aliphatic rings. The van der Waals surface area contributed by atoms with E-state index in [4.69, 9.17) is 5.73 Å². The minimum atomic E-state index is 0.175. The van der Waals surface area contributed by atoms with Gasteiger partial charge in [0, 0.05) is 18.5 Å². The highest BCUT2D eigenvalue weighted by Gasteiger charge is 2.27. The summed E-state index contributed by atoms with van der Waals surface area (Å²) in [6.07, 6.45) is 2.83. The van der Waals surface area contributed by atoms with Crippen molar-refractivity contribution in [1.29, 1.82) is 0 Å². The van der Waals surface area contributed by atoms with Crippen LogP contribution in [0.4, 0.5) is 0 Å². The van der Waals surface area contributed by atoms with Gasteiger partial charge < -0.3 is 11.1 Å². The van der Waals surface area contributed by atoms with Crippen molar-refractivity contribution in [2.45, 2.75) is 39.2 Å². The molecule has 0 bridgehead atoms. The van der Waals surface area contributed by atoms with Crippen LogP contribution in [0.1, 0.15) is 33.1 Å². The van der Waals surface area contributed by atoms with Gasteiger partial charge in [0.1, 0.15) is 0 Å². The van der Waals surface area contributed by atoms with E-state index in [9.17, 15) is 4.79 Å². The normalized spacial score (nSPS) is 28.0. The van der Waals surface area contributed by atoms with E-state index in [-0.39, 0.29) is 17.9 Å². The first-order valence-corrected chi connectivity index (χ1v) is 5.13. The topological polar surface area (TPSA) is 55.1 Å². The summed E-state index contributed by atoms with van der Waals surface area (Å²) < 4.78 is 0. The van der Waals surface area contributed by atoms with Crippen LogP contribution in [0.2, 0.25) is 0 Å². The minimum absolute atomic E-state index is 0.175. The Morgan fingerprint density at radius 1 is 1.54 bits per heavy atom. The Balaban J connectivity index is 2.24. The summed E-state index contributed by atoms with van der Waals surface area (Å²) in [5, 5.41) is 2.95. The summed E-state index contributed by atoms with van der Waals surface area (Å²) in [6, 6.07) is 0.245. The van der Waals surface area contributed by atoms with Crippen LogP contribution in [0.15, 0.2) is 0 Å². The smallest absolute Gasteiger partial charge is 0.223 e. The van der Waals surface area contributed by atoms with E-state index >= 15 is 0 Å². The predicted molar refractivity (Wildman–Crippen MR) is 53.2 cm³/mol. The molecule has 2 atom stereocenters. The fourth-order valence-corrected chi connectivity index (χ4v) is 1.70. The molecule has 0 aromatic carbocycles. The second-order valence-corrected chi connectivity index (χ2v) is 4.41. The molecule has 1 amide bonds. The molecule has 13 heavy (non-hydrogen) atoms. The lowest BCUT2D eigenvalue weighted by molar-refractivity contribution is -0.124. The van der Waals surface area contributed by atoms with Crippen LogP contribution in [0.3, 0.4) is 0 Å². The molecule has 0 spiro atoms. The number of carbonyl (C=O) groups excluding carboxylic acids is 1. The molecule has 0 heterocycles. The first-order valence-electron chi connectivity index (χ1n) is 5.13. The Bertz CT molecular complexity index is 180. The molecule has 0 aromatic rings. The maximum atomic E-state index is 11.5. The molecule has 3 N–H and O–H groups in total. The van der Waals surface area contributed by atoms with Crippen LogP contribution in [0.25, 0.3) is 0 Å². The van der Waals surface area contributed by atoms with Gasteiger partial charge in [-0.25, -0.2) is 0 Å². The predicted octanol–water partition coefficient (Wildman–Crippen LogP) is 0.886. The van der Waals surface area contributed by atoms with Gasteiger partial charge in [-0.15, -0.1) is 0 Å². The van der Waals surface area contributed by atoms with Gasteiger partial charge in [-0.05, 0) is 25.2 Å². The molecule has 2 unspecified atom stereocenters. The van der Waals surface area contributed by atoms with E-state index in [1.807, 2.05) is 0 Å². The zero-order valence-corrected chi connectivity index (χ0v) is 8.55. The molecule has 76 valence electrons. The molecule has 1 rings (SSSR count). The molecule has 1 aliphatic carbocycles. The fraction of sp³-hybridized carbons (Fsp3) is 0.900. The molecule has 0 saturated heterocycles. The Labute approximate surface area is 80.1 Å². The van der Waals surface area contributed by atoms with E-state index in [0.29, 0.717) is 5.92 Å². The highest BCUT2D eigenvalue weighted by Crippen LogP contribution is 2.23. The van der Waals surface area contributed by atoms with Crippen molar-refractivity contribution >= 4 is 5.91 Å². The Morgan fingerprint density at radius 3 is 2.69 bits per heavy atom. The summed E-state index contributed by atoms with van der Waals surface area (Å²) in [4.78, 5) is 11.5. The number of rotatable bonds is 3. The fourth-order valence-electron chi connectivity index (χ4n) is 1.70. The lowest BCUT2D eigenvalue weighted by atomic mass is 10.1. The number of amides is 1. The molecule has 0 aromatic heterocycles. The summed E-state index contributed by atoms with van der Waals surface area (Å²) in [7, 11) is 0. The number of carbonyl (C=O) groups is 1. The molecule has 3 heteroatoms. The molecule has 1 saturated carbocycles. The highest BCUT2D eigenvalue weighted by atomic mass is 16.1. The first-order chi connectivity index (χ1) is 6.09. The van der Waals surface area contributed by atoms with E-state index in [0.717, 1.165) is 25.8 Å². The minimum Gasteiger partial charge on any atom is -0.356 e. The lowest BCUT2D eigenvalue weighted by Gasteiger charge is -2.12. The standard InChI is InChI=1S/C10H20N2O/c1-7(2)6-12-10(13)8-3-4-9(11)5-8/h7-9H,3-6,11H2,1-2H3,(H,12,13). The molecular formula is C10H20N2O. The van der Waals surface area contributed by atoms with Crippen molar-refractivity contribution < 1.29 is 4.79 Å². The summed E-state index contributed by atoms with van der Waals surface area (Å²) in [6.45, 7) is 4.98. The van der Waals surface area contributed by atoms with Crippen LogP contribution in [0, 0.1) is 11.8 Å². The third kappa shape index (κ3) is 3.35. The molecule has 1 fully saturated rings. The monoisotopic (exact) mass is 184 g/mol. The quantitative estimate of drug-likeness (QED) is 0.684.